The molecule has 0 rings (SSSR count). The number of carbonyl (C=O) groups is 2. The van der Waals surface area contributed by atoms with Crippen molar-refractivity contribution in [2.24, 2.45) is 0 Å². The second-order valence-electron chi connectivity index (χ2n) is 4.57. The van der Waals surface area contributed by atoms with E-state index in [1.165, 1.54) is 0 Å². The molecule has 3 N–H and O–H groups in total. The Morgan fingerprint density at radius 2 is 1.94 bits per heavy atom. The molecule has 2 amide bonds. The molecule has 0 aromatic heterocycles. The summed E-state index contributed by atoms with van der Waals surface area (Å²) in [6.45, 7) is 7.43. The number of alkyl carbamates (subject to hydrolysis) is 1. The zero-order valence-corrected chi connectivity index (χ0v) is 10.2. The lowest BCUT2D eigenvalue weighted by Crippen LogP contribution is -2.39. The summed E-state index contributed by atoms with van der Waals surface area (Å²) in [5.41, 5.74) is -0.525. The second-order valence-corrected chi connectivity index (χ2v) is 4.57. The highest BCUT2D eigenvalue weighted by Gasteiger charge is 2.17. The van der Waals surface area contributed by atoms with E-state index in [-0.39, 0.29) is 6.04 Å². The van der Waals surface area contributed by atoms with E-state index >= 15 is 0 Å². The van der Waals surface area contributed by atoms with E-state index in [9.17, 15) is 9.59 Å². The molecule has 0 aliphatic rings. The van der Waals surface area contributed by atoms with Gasteiger partial charge in [-0.3, -0.25) is 0 Å². The summed E-state index contributed by atoms with van der Waals surface area (Å²) in [6.07, 6.45) is -1.04. The maximum absolute atomic E-state index is 11.3. The molecule has 0 aliphatic carbocycles. The molecular formula is C10H20N2O4. The van der Waals surface area contributed by atoms with Crippen molar-refractivity contribution < 1.29 is 19.4 Å². The van der Waals surface area contributed by atoms with Gasteiger partial charge >= 0.3 is 12.2 Å². The van der Waals surface area contributed by atoms with Gasteiger partial charge in [0.2, 0.25) is 0 Å². The first-order chi connectivity index (χ1) is 7.20. The largest absolute Gasteiger partial charge is 0.465 e. The van der Waals surface area contributed by atoms with Crippen molar-refractivity contribution in [3.63, 3.8) is 0 Å². The van der Waals surface area contributed by atoms with Crippen molar-refractivity contribution in [3.8, 4) is 0 Å². The van der Waals surface area contributed by atoms with Crippen molar-refractivity contribution >= 4 is 12.2 Å². The lowest BCUT2D eigenvalue weighted by Gasteiger charge is -2.21. The Balaban J connectivity index is 3.74. The molecule has 0 fully saturated rings. The van der Waals surface area contributed by atoms with Crippen molar-refractivity contribution in [2.45, 2.75) is 45.8 Å². The molecule has 0 aliphatic heterocycles. The summed E-state index contributed by atoms with van der Waals surface area (Å²) in [5, 5.41) is 13.2. The SMILES string of the molecule is CC(CCNC(=O)O)NC(=O)OC(C)(C)C. The highest BCUT2D eigenvalue weighted by molar-refractivity contribution is 5.68. The second kappa shape index (κ2) is 6.19. The molecule has 16 heavy (non-hydrogen) atoms. The van der Waals surface area contributed by atoms with Crippen LogP contribution in [0.4, 0.5) is 9.59 Å². The third-order valence-corrected chi connectivity index (χ3v) is 1.62. The Kier molecular flexibility index (Phi) is 5.63. The molecule has 6 nitrogen and oxygen atoms in total. The number of hydrogen-bond acceptors (Lipinski definition) is 3. The molecule has 0 saturated carbocycles. The number of ether oxygens (including phenoxy) is 1. The Hall–Kier alpha value is -1.46. The lowest BCUT2D eigenvalue weighted by molar-refractivity contribution is 0.0507. The van der Waals surface area contributed by atoms with Crippen LogP contribution in [0.5, 0.6) is 0 Å². The van der Waals surface area contributed by atoms with Crippen LogP contribution in [-0.2, 0) is 4.74 Å². The number of rotatable bonds is 4. The van der Waals surface area contributed by atoms with E-state index in [1.807, 2.05) is 0 Å². The van der Waals surface area contributed by atoms with Gasteiger partial charge in [0.25, 0.3) is 0 Å². The van der Waals surface area contributed by atoms with E-state index in [2.05, 4.69) is 10.6 Å². The van der Waals surface area contributed by atoms with Crippen LogP contribution in [0.25, 0.3) is 0 Å². The molecule has 0 aromatic rings. The van der Waals surface area contributed by atoms with Crippen molar-refractivity contribution in [1.29, 1.82) is 0 Å². The van der Waals surface area contributed by atoms with Crippen molar-refractivity contribution in [3.05, 3.63) is 0 Å². The van der Waals surface area contributed by atoms with Crippen LogP contribution in [0.1, 0.15) is 34.1 Å². The van der Waals surface area contributed by atoms with Crippen LogP contribution < -0.4 is 10.6 Å². The van der Waals surface area contributed by atoms with Gasteiger partial charge in [-0.1, -0.05) is 0 Å². The molecule has 0 heterocycles. The summed E-state index contributed by atoms with van der Waals surface area (Å²) in [7, 11) is 0. The normalized spacial score (nSPS) is 12.8. The Morgan fingerprint density at radius 1 is 1.38 bits per heavy atom. The number of hydrogen-bond donors (Lipinski definition) is 3. The number of nitrogens with one attached hydrogen (secondary N) is 2. The first-order valence-corrected chi connectivity index (χ1v) is 5.17. The van der Waals surface area contributed by atoms with Gasteiger partial charge in [0, 0.05) is 12.6 Å². The van der Waals surface area contributed by atoms with E-state index in [1.54, 1.807) is 27.7 Å². The van der Waals surface area contributed by atoms with Crippen LogP contribution in [-0.4, -0.2) is 35.5 Å². The fourth-order valence-corrected chi connectivity index (χ4v) is 0.977. The van der Waals surface area contributed by atoms with Crippen LogP contribution in [0.3, 0.4) is 0 Å². The molecule has 1 atom stereocenters. The van der Waals surface area contributed by atoms with Crippen LogP contribution in [0, 0.1) is 0 Å². The first kappa shape index (κ1) is 14.5. The molecule has 1 unspecified atom stereocenters. The molecule has 0 aromatic carbocycles. The standard InChI is InChI=1S/C10H20N2O4/c1-7(5-6-11-8(13)14)12-9(15)16-10(2,3)4/h7,11H,5-6H2,1-4H3,(H,12,15)(H,13,14). The Bertz CT molecular complexity index is 248. The molecule has 0 radical (unpaired) electrons. The molecule has 0 spiro atoms. The minimum absolute atomic E-state index is 0.137. The van der Waals surface area contributed by atoms with E-state index in [0.717, 1.165) is 0 Å². The molecule has 0 saturated heterocycles. The van der Waals surface area contributed by atoms with Crippen molar-refractivity contribution in [2.75, 3.05) is 6.54 Å². The van der Waals surface area contributed by atoms with Crippen LogP contribution in [0.15, 0.2) is 0 Å². The van der Waals surface area contributed by atoms with E-state index in [4.69, 9.17) is 9.84 Å². The van der Waals surface area contributed by atoms with Gasteiger partial charge in [-0.05, 0) is 34.1 Å². The molecule has 0 bridgehead atoms. The topological polar surface area (TPSA) is 87.7 Å². The predicted molar refractivity (Wildman–Crippen MR) is 59.5 cm³/mol. The van der Waals surface area contributed by atoms with Gasteiger partial charge in [-0.15, -0.1) is 0 Å². The fraction of sp³-hybridized carbons (Fsp3) is 0.800. The first-order valence-electron chi connectivity index (χ1n) is 5.17. The maximum Gasteiger partial charge on any atom is 0.407 e. The zero-order chi connectivity index (χ0) is 12.8. The van der Waals surface area contributed by atoms with Gasteiger partial charge in [0.15, 0.2) is 0 Å². The van der Waals surface area contributed by atoms with Gasteiger partial charge in [-0.2, -0.15) is 0 Å². The highest BCUT2D eigenvalue weighted by Crippen LogP contribution is 2.06. The number of amides is 2. The fourth-order valence-electron chi connectivity index (χ4n) is 0.977. The summed E-state index contributed by atoms with van der Waals surface area (Å²) < 4.78 is 5.05. The maximum atomic E-state index is 11.3. The summed E-state index contributed by atoms with van der Waals surface area (Å²) in [4.78, 5) is 21.5. The highest BCUT2D eigenvalue weighted by atomic mass is 16.6. The average molecular weight is 232 g/mol. The minimum Gasteiger partial charge on any atom is -0.465 e. The molecule has 94 valence electrons. The Morgan fingerprint density at radius 3 is 2.38 bits per heavy atom. The van der Waals surface area contributed by atoms with E-state index in [0.29, 0.717) is 13.0 Å². The van der Waals surface area contributed by atoms with E-state index < -0.39 is 17.8 Å². The van der Waals surface area contributed by atoms with Crippen molar-refractivity contribution in [1.82, 2.24) is 10.6 Å². The summed E-state index contributed by atoms with van der Waals surface area (Å²) in [5.74, 6) is 0. The van der Waals surface area contributed by atoms with Gasteiger partial charge in [0.1, 0.15) is 5.60 Å². The summed E-state index contributed by atoms with van der Waals surface area (Å²) >= 11 is 0. The zero-order valence-electron chi connectivity index (χ0n) is 10.2. The number of carboxylic acid groups (broad SMARTS) is 1. The summed E-state index contributed by atoms with van der Waals surface area (Å²) in [6, 6.07) is -0.137. The third kappa shape index (κ3) is 9.11. The van der Waals surface area contributed by atoms with Gasteiger partial charge in [-0.25, -0.2) is 9.59 Å². The Labute approximate surface area is 95.4 Å². The van der Waals surface area contributed by atoms with Crippen LogP contribution >= 0.6 is 0 Å². The van der Waals surface area contributed by atoms with Crippen LogP contribution in [0.2, 0.25) is 0 Å². The van der Waals surface area contributed by atoms with Gasteiger partial charge < -0.3 is 20.5 Å². The number of carbonyl (C=O) groups excluding carboxylic acids is 1. The lowest BCUT2D eigenvalue weighted by atomic mass is 10.2. The quantitative estimate of drug-likeness (QED) is 0.686. The minimum atomic E-state index is -1.07. The average Bonchev–Trinajstić information content (AvgIpc) is 1.98. The van der Waals surface area contributed by atoms with Gasteiger partial charge in [0.05, 0.1) is 0 Å². The molecule has 6 heteroatoms. The third-order valence-electron chi connectivity index (χ3n) is 1.62. The molecular weight excluding hydrogens is 212 g/mol. The monoisotopic (exact) mass is 232 g/mol. The smallest absolute Gasteiger partial charge is 0.407 e. The predicted octanol–water partition coefficient (Wildman–Crippen LogP) is 1.56.